The van der Waals surface area contributed by atoms with Crippen molar-refractivity contribution in [3.8, 4) is 0 Å². The second-order valence-corrected chi connectivity index (χ2v) is 8.65. The van der Waals surface area contributed by atoms with E-state index in [1.165, 1.54) is 10.5 Å². The predicted octanol–water partition coefficient (Wildman–Crippen LogP) is 5.60. The fourth-order valence-electron chi connectivity index (χ4n) is 2.75. The largest absolute Gasteiger partial charge is 0.316 e. The molecule has 0 spiro atoms. The normalized spacial score (nSPS) is 12.1. The number of aryl methyl sites for hydroxylation is 3. The van der Waals surface area contributed by atoms with Gasteiger partial charge >= 0.3 is 0 Å². The Labute approximate surface area is 166 Å². The summed E-state index contributed by atoms with van der Waals surface area (Å²) in [5.74, 6) is 0.648. The lowest BCUT2D eigenvalue weighted by atomic mass is 10.2. The van der Waals surface area contributed by atoms with Gasteiger partial charge in [-0.3, -0.25) is 4.79 Å². The fraction of sp³-hybridized carbons (Fsp3) is 0.300. The number of hydrogen-bond donors (Lipinski definition) is 0. The molecule has 0 radical (unpaired) electrons. The van der Waals surface area contributed by atoms with Crippen molar-refractivity contribution in [2.75, 3.05) is 5.75 Å². The molecule has 0 atom stereocenters. The summed E-state index contributed by atoms with van der Waals surface area (Å²) < 4.78 is 3.18. The number of thiazole rings is 1. The van der Waals surface area contributed by atoms with Crippen molar-refractivity contribution in [3.63, 3.8) is 0 Å². The molecule has 6 heteroatoms. The van der Waals surface area contributed by atoms with Gasteiger partial charge in [0.05, 0.1) is 10.2 Å². The lowest BCUT2D eigenvalue weighted by Gasteiger charge is -2.05. The van der Waals surface area contributed by atoms with Crippen LogP contribution >= 0.6 is 34.7 Å². The molecule has 0 aliphatic carbocycles. The first kappa shape index (κ1) is 19.2. The highest BCUT2D eigenvalue weighted by molar-refractivity contribution is 7.99. The van der Waals surface area contributed by atoms with Crippen molar-refractivity contribution in [2.45, 2.75) is 38.6 Å². The average molecular weight is 405 g/mol. The second-order valence-electron chi connectivity index (χ2n) is 6.07. The van der Waals surface area contributed by atoms with Crippen molar-refractivity contribution in [3.05, 3.63) is 57.3 Å². The minimum absolute atomic E-state index is 0.0814. The number of amides is 1. The summed E-state index contributed by atoms with van der Waals surface area (Å²) in [4.78, 5) is 18.6. The Balaban J connectivity index is 1.77. The van der Waals surface area contributed by atoms with Crippen molar-refractivity contribution in [1.82, 2.24) is 4.57 Å². The number of halogens is 1. The lowest BCUT2D eigenvalue weighted by Crippen LogP contribution is -2.16. The zero-order chi connectivity index (χ0) is 18.7. The molecule has 2 aromatic carbocycles. The molecule has 0 bridgehead atoms. The third kappa shape index (κ3) is 4.22. The highest BCUT2D eigenvalue weighted by Crippen LogP contribution is 2.27. The third-order valence-corrected chi connectivity index (χ3v) is 6.64. The van der Waals surface area contributed by atoms with E-state index < -0.39 is 0 Å². The van der Waals surface area contributed by atoms with Crippen LogP contribution in [0.2, 0.25) is 5.02 Å². The highest BCUT2D eigenvalue weighted by Gasteiger charge is 2.11. The van der Waals surface area contributed by atoms with E-state index in [0.29, 0.717) is 6.42 Å². The second kappa shape index (κ2) is 8.42. The van der Waals surface area contributed by atoms with Crippen LogP contribution in [0.3, 0.4) is 0 Å². The van der Waals surface area contributed by atoms with Crippen LogP contribution in [0.25, 0.3) is 10.2 Å². The van der Waals surface area contributed by atoms with Gasteiger partial charge in [0.15, 0.2) is 4.80 Å². The summed E-state index contributed by atoms with van der Waals surface area (Å²) in [6.07, 6.45) is 0.427. The summed E-state index contributed by atoms with van der Waals surface area (Å²) in [5, 5.41) is 0.741. The molecule has 0 aliphatic rings. The number of fused-ring (bicyclic) bond motifs is 1. The number of rotatable bonds is 5. The standard InChI is InChI=1S/C20H21ClN2OS2/c1-4-23-19-14(3)16(21)9-10-17(19)26-20(23)22-18(24)11-12-25-15-7-5-13(2)6-8-15/h5-10H,4,11-12H2,1-3H3. The number of nitrogens with zero attached hydrogens (tertiary/aromatic N) is 2. The van der Waals surface area contributed by atoms with Crippen molar-refractivity contribution in [2.24, 2.45) is 4.99 Å². The molecule has 26 heavy (non-hydrogen) atoms. The zero-order valence-corrected chi connectivity index (χ0v) is 17.5. The molecule has 3 rings (SSSR count). The molecule has 3 nitrogen and oxygen atoms in total. The van der Waals surface area contributed by atoms with Gasteiger partial charge in [-0.15, -0.1) is 11.8 Å². The Morgan fingerprint density at radius 2 is 1.92 bits per heavy atom. The van der Waals surface area contributed by atoms with Crippen LogP contribution in [0.5, 0.6) is 0 Å². The number of thioether (sulfide) groups is 1. The molecule has 0 fully saturated rings. The van der Waals surface area contributed by atoms with E-state index in [1.54, 1.807) is 23.1 Å². The van der Waals surface area contributed by atoms with E-state index in [-0.39, 0.29) is 5.91 Å². The molecular formula is C20H21ClN2OS2. The monoisotopic (exact) mass is 404 g/mol. The molecule has 3 aromatic rings. The molecule has 136 valence electrons. The topological polar surface area (TPSA) is 34.4 Å². The number of carbonyl (C=O) groups excluding carboxylic acids is 1. The summed E-state index contributed by atoms with van der Waals surface area (Å²) in [5.41, 5.74) is 3.35. The number of carbonyl (C=O) groups is 1. The van der Waals surface area contributed by atoms with Crippen LogP contribution in [0.15, 0.2) is 46.3 Å². The van der Waals surface area contributed by atoms with Gasteiger partial charge in [-0.2, -0.15) is 4.99 Å². The Hall–Kier alpha value is -1.56. The quantitative estimate of drug-likeness (QED) is 0.518. The molecular weight excluding hydrogens is 384 g/mol. The van der Waals surface area contributed by atoms with Gasteiger partial charge < -0.3 is 4.57 Å². The number of aromatic nitrogens is 1. The molecule has 0 saturated carbocycles. The predicted molar refractivity (Wildman–Crippen MR) is 112 cm³/mol. The first-order valence-electron chi connectivity index (χ1n) is 8.55. The number of benzene rings is 2. The van der Waals surface area contributed by atoms with Gasteiger partial charge in [-0.05, 0) is 50.6 Å². The number of hydrogen-bond acceptors (Lipinski definition) is 3. The van der Waals surface area contributed by atoms with Crippen LogP contribution in [0.4, 0.5) is 0 Å². The fourth-order valence-corrected chi connectivity index (χ4v) is 4.91. The maximum Gasteiger partial charge on any atom is 0.249 e. The van der Waals surface area contributed by atoms with Crippen LogP contribution in [-0.4, -0.2) is 16.2 Å². The maximum absolute atomic E-state index is 12.3. The highest BCUT2D eigenvalue weighted by atomic mass is 35.5. The van der Waals surface area contributed by atoms with Gasteiger partial charge in [0, 0.05) is 28.6 Å². The van der Waals surface area contributed by atoms with Crippen LogP contribution in [0.1, 0.15) is 24.5 Å². The van der Waals surface area contributed by atoms with Gasteiger partial charge in [0.1, 0.15) is 0 Å². The third-order valence-electron chi connectivity index (χ3n) is 4.17. The van der Waals surface area contributed by atoms with Crippen LogP contribution < -0.4 is 4.80 Å². The summed E-state index contributed by atoms with van der Waals surface area (Å²) in [6.45, 7) is 6.89. The SMILES string of the molecule is CCn1c(=NC(=O)CCSc2ccc(C)cc2)sc2ccc(Cl)c(C)c21. The average Bonchev–Trinajstić information content (AvgIpc) is 2.97. The van der Waals surface area contributed by atoms with E-state index in [0.717, 1.165) is 37.9 Å². The summed E-state index contributed by atoms with van der Waals surface area (Å²) in [7, 11) is 0. The van der Waals surface area contributed by atoms with E-state index in [9.17, 15) is 4.79 Å². The van der Waals surface area contributed by atoms with Crippen LogP contribution in [0, 0.1) is 13.8 Å². The van der Waals surface area contributed by atoms with Crippen LogP contribution in [-0.2, 0) is 11.3 Å². The Morgan fingerprint density at radius 3 is 2.62 bits per heavy atom. The molecule has 1 heterocycles. The van der Waals surface area contributed by atoms with E-state index in [1.807, 2.05) is 19.1 Å². The molecule has 0 N–H and O–H groups in total. The molecule has 0 unspecified atom stereocenters. The van der Waals surface area contributed by atoms with Gasteiger partial charge in [0.2, 0.25) is 5.91 Å². The molecule has 0 saturated heterocycles. The Morgan fingerprint density at radius 1 is 1.19 bits per heavy atom. The van der Waals surface area contributed by atoms with E-state index in [4.69, 9.17) is 11.6 Å². The van der Waals surface area contributed by atoms with Gasteiger partial charge in [-0.25, -0.2) is 0 Å². The van der Waals surface area contributed by atoms with Gasteiger partial charge in [0.25, 0.3) is 0 Å². The van der Waals surface area contributed by atoms with Crippen molar-refractivity contribution in [1.29, 1.82) is 0 Å². The molecule has 1 amide bonds. The Bertz CT molecular complexity index is 1000. The molecule has 1 aromatic heterocycles. The zero-order valence-electron chi connectivity index (χ0n) is 15.1. The smallest absolute Gasteiger partial charge is 0.249 e. The minimum Gasteiger partial charge on any atom is -0.316 e. The minimum atomic E-state index is -0.0814. The summed E-state index contributed by atoms with van der Waals surface area (Å²) >= 11 is 9.49. The lowest BCUT2D eigenvalue weighted by molar-refractivity contribution is -0.117. The molecule has 0 aliphatic heterocycles. The summed E-state index contributed by atoms with van der Waals surface area (Å²) in [6, 6.07) is 12.3. The van der Waals surface area contributed by atoms with Gasteiger partial charge in [-0.1, -0.05) is 40.6 Å². The Kier molecular flexibility index (Phi) is 6.22. The van der Waals surface area contributed by atoms with Crippen molar-refractivity contribution >= 4 is 50.8 Å². The first-order valence-corrected chi connectivity index (χ1v) is 10.7. The van der Waals surface area contributed by atoms with Crippen molar-refractivity contribution < 1.29 is 4.79 Å². The first-order chi connectivity index (χ1) is 12.5. The maximum atomic E-state index is 12.3. The van der Waals surface area contributed by atoms with E-state index >= 15 is 0 Å². The van der Waals surface area contributed by atoms with E-state index in [2.05, 4.69) is 47.7 Å².